The average Bonchev–Trinajstić information content (AvgIpc) is 2.73. The molecule has 1 saturated heterocycles. The third kappa shape index (κ3) is 5.32. The van der Waals surface area contributed by atoms with Crippen LogP contribution in [0.15, 0.2) is 53.4 Å². The van der Waals surface area contributed by atoms with Crippen molar-refractivity contribution in [2.24, 2.45) is 0 Å². The summed E-state index contributed by atoms with van der Waals surface area (Å²) in [5.74, 6) is 2.39. The molecule has 0 aromatic heterocycles. The van der Waals surface area contributed by atoms with Gasteiger partial charge in [0.1, 0.15) is 11.5 Å². The molecule has 1 aliphatic rings. The normalized spacial score (nSPS) is 14.1. The lowest BCUT2D eigenvalue weighted by Gasteiger charge is -2.36. The number of rotatable bonds is 7. The summed E-state index contributed by atoms with van der Waals surface area (Å²) in [5.41, 5.74) is 1.17. The van der Waals surface area contributed by atoms with Gasteiger partial charge in [-0.25, -0.2) is 0 Å². The van der Waals surface area contributed by atoms with Gasteiger partial charge >= 0.3 is 0 Å². The maximum atomic E-state index is 12.5. The number of hydrogen-bond donors (Lipinski definition) is 0. The molecule has 0 radical (unpaired) electrons. The first-order chi connectivity index (χ1) is 13.2. The summed E-state index contributed by atoms with van der Waals surface area (Å²) < 4.78 is 10.7. The van der Waals surface area contributed by atoms with E-state index in [1.165, 1.54) is 5.69 Å². The summed E-state index contributed by atoms with van der Waals surface area (Å²) in [4.78, 5) is 17.9. The molecule has 0 spiro atoms. The molecule has 0 N–H and O–H groups in total. The SMILES string of the molecule is CCOc1ccc(SCC(=O)N2CCN(c3ccc(OC)cc3)CC2)cc1. The smallest absolute Gasteiger partial charge is 0.233 e. The molecule has 0 saturated carbocycles. The highest BCUT2D eigenvalue weighted by Crippen LogP contribution is 2.23. The van der Waals surface area contributed by atoms with Crippen LogP contribution in [0.5, 0.6) is 11.5 Å². The van der Waals surface area contributed by atoms with Gasteiger partial charge in [-0.1, -0.05) is 0 Å². The number of benzene rings is 2. The first-order valence-corrected chi connectivity index (χ1v) is 10.2. The van der Waals surface area contributed by atoms with Gasteiger partial charge in [0, 0.05) is 36.8 Å². The van der Waals surface area contributed by atoms with Crippen molar-refractivity contribution in [2.75, 3.05) is 50.5 Å². The maximum absolute atomic E-state index is 12.5. The number of ether oxygens (including phenoxy) is 2. The van der Waals surface area contributed by atoms with Crippen LogP contribution >= 0.6 is 11.8 Å². The predicted octanol–water partition coefficient (Wildman–Crippen LogP) is 3.53. The van der Waals surface area contributed by atoms with E-state index in [0.29, 0.717) is 12.4 Å². The number of amides is 1. The summed E-state index contributed by atoms with van der Waals surface area (Å²) in [5, 5.41) is 0. The molecular weight excluding hydrogens is 360 g/mol. The number of thioether (sulfide) groups is 1. The van der Waals surface area contributed by atoms with Crippen LogP contribution in [0.4, 0.5) is 5.69 Å². The Bertz CT molecular complexity index is 726. The zero-order valence-electron chi connectivity index (χ0n) is 15.9. The van der Waals surface area contributed by atoms with E-state index in [4.69, 9.17) is 9.47 Å². The molecule has 6 heteroatoms. The van der Waals surface area contributed by atoms with E-state index in [2.05, 4.69) is 17.0 Å². The summed E-state index contributed by atoms with van der Waals surface area (Å²) in [7, 11) is 1.67. The molecule has 0 aliphatic carbocycles. The Labute approximate surface area is 165 Å². The Morgan fingerprint density at radius 3 is 2.19 bits per heavy atom. The highest BCUT2D eigenvalue weighted by Gasteiger charge is 2.21. The van der Waals surface area contributed by atoms with Gasteiger partial charge in [-0.3, -0.25) is 4.79 Å². The summed E-state index contributed by atoms with van der Waals surface area (Å²) in [6, 6.07) is 16.0. The molecule has 1 amide bonds. The van der Waals surface area contributed by atoms with Crippen LogP contribution in [-0.2, 0) is 4.79 Å². The Hall–Kier alpha value is -2.34. The quantitative estimate of drug-likeness (QED) is 0.681. The number of carbonyl (C=O) groups excluding carboxylic acids is 1. The minimum atomic E-state index is 0.197. The fourth-order valence-corrected chi connectivity index (χ4v) is 3.84. The fourth-order valence-electron chi connectivity index (χ4n) is 3.04. The first-order valence-electron chi connectivity index (χ1n) is 9.22. The zero-order chi connectivity index (χ0) is 19.1. The molecule has 1 heterocycles. The van der Waals surface area contributed by atoms with E-state index in [-0.39, 0.29) is 5.91 Å². The molecule has 1 fully saturated rings. The van der Waals surface area contributed by atoms with Gasteiger partial charge in [-0.15, -0.1) is 11.8 Å². The van der Waals surface area contributed by atoms with Gasteiger partial charge in [0.15, 0.2) is 0 Å². The second-order valence-corrected chi connectivity index (χ2v) is 7.31. The largest absolute Gasteiger partial charge is 0.497 e. The van der Waals surface area contributed by atoms with Crippen molar-refractivity contribution in [3.05, 3.63) is 48.5 Å². The van der Waals surface area contributed by atoms with Crippen molar-refractivity contribution in [3.8, 4) is 11.5 Å². The number of piperazine rings is 1. The van der Waals surface area contributed by atoms with Gasteiger partial charge in [-0.05, 0) is 55.5 Å². The van der Waals surface area contributed by atoms with Gasteiger partial charge in [0.05, 0.1) is 19.5 Å². The van der Waals surface area contributed by atoms with Crippen LogP contribution in [0.3, 0.4) is 0 Å². The molecule has 0 unspecified atom stereocenters. The Morgan fingerprint density at radius 1 is 0.963 bits per heavy atom. The molecule has 1 aliphatic heterocycles. The molecule has 0 bridgehead atoms. The lowest BCUT2D eigenvalue weighted by atomic mass is 10.2. The third-order valence-electron chi connectivity index (χ3n) is 4.57. The van der Waals surface area contributed by atoms with Crippen molar-refractivity contribution < 1.29 is 14.3 Å². The molecule has 2 aromatic rings. The molecule has 2 aromatic carbocycles. The number of nitrogens with zero attached hydrogens (tertiary/aromatic N) is 2. The molecule has 27 heavy (non-hydrogen) atoms. The molecule has 5 nitrogen and oxygen atoms in total. The number of hydrogen-bond acceptors (Lipinski definition) is 5. The van der Waals surface area contributed by atoms with Crippen LogP contribution in [0, 0.1) is 0 Å². The minimum Gasteiger partial charge on any atom is -0.497 e. The van der Waals surface area contributed by atoms with Gasteiger partial charge in [-0.2, -0.15) is 0 Å². The van der Waals surface area contributed by atoms with E-state index in [1.54, 1.807) is 18.9 Å². The zero-order valence-corrected chi connectivity index (χ0v) is 16.7. The first kappa shape index (κ1) is 19.4. The lowest BCUT2D eigenvalue weighted by Crippen LogP contribution is -2.49. The molecule has 144 valence electrons. The Morgan fingerprint density at radius 2 is 1.59 bits per heavy atom. The van der Waals surface area contributed by atoms with E-state index < -0.39 is 0 Å². The fraction of sp³-hybridized carbons (Fsp3) is 0.381. The van der Waals surface area contributed by atoms with Crippen LogP contribution in [-0.4, -0.2) is 56.5 Å². The highest BCUT2D eigenvalue weighted by molar-refractivity contribution is 8.00. The van der Waals surface area contributed by atoms with Crippen LogP contribution in [0.2, 0.25) is 0 Å². The standard InChI is InChI=1S/C21H26N2O3S/c1-3-26-19-8-10-20(11-9-19)27-16-21(24)23-14-12-22(13-15-23)17-4-6-18(25-2)7-5-17/h4-11H,3,12-16H2,1-2H3. The number of anilines is 1. The van der Waals surface area contributed by atoms with E-state index in [9.17, 15) is 4.79 Å². The van der Waals surface area contributed by atoms with Gasteiger partial charge in [0.2, 0.25) is 5.91 Å². The van der Waals surface area contributed by atoms with Crippen molar-refractivity contribution >= 4 is 23.4 Å². The maximum Gasteiger partial charge on any atom is 0.233 e. The van der Waals surface area contributed by atoms with Crippen molar-refractivity contribution in [2.45, 2.75) is 11.8 Å². The molecule has 3 rings (SSSR count). The summed E-state index contributed by atoms with van der Waals surface area (Å²) in [6.07, 6.45) is 0. The van der Waals surface area contributed by atoms with E-state index in [1.807, 2.05) is 48.2 Å². The molecular formula is C21H26N2O3S. The monoisotopic (exact) mass is 386 g/mol. The van der Waals surface area contributed by atoms with Crippen LogP contribution in [0.25, 0.3) is 0 Å². The van der Waals surface area contributed by atoms with Gasteiger partial charge < -0.3 is 19.3 Å². The summed E-state index contributed by atoms with van der Waals surface area (Å²) in [6.45, 7) is 5.85. The van der Waals surface area contributed by atoms with Gasteiger partial charge in [0.25, 0.3) is 0 Å². The highest BCUT2D eigenvalue weighted by atomic mass is 32.2. The van der Waals surface area contributed by atoms with Crippen LogP contribution in [0.1, 0.15) is 6.92 Å². The molecule has 0 atom stereocenters. The van der Waals surface area contributed by atoms with Crippen LogP contribution < -0.4 is 14.4 Å². The lowest BCUT2D eigenvalue weighted by molar-refractivity contribution is -0.128. The Kier molecular flexibility index (Phi) is 6.87. The second-order valence-electron chi connectivity index (χ2n) is 6.26. The topological polar surface area (TPSA) is 42.0 Å². The average molecular weight is 387 g/mol. The predicted molar refractivity (Wildman–Crippen MR) is 110 cm³/mol. The second kappa shape index (κ2) is 9.55. The van der Waals surface area contributed by atoms with E-state index >= 15 is 0 Å². The third-order valence-corrected chi connectivity index (χ3v) is 5.56. The van der Waals surface area contributed by atoms with Crippen molar-refractivity contribution in [1.82, 2.24) is 4.90 Å². The van der Waals surface area contributed by atoms with Crippen molar-refractivity contribution in [3.63, 3.8) is 0 Å². The van der Waals surface area contributed by atoms with E-state index in [0.717, 1.165) is 42.6 Å². The van der Waals surface area contributed by atoms with Crippen molar-refractivity contribution in [1.29, 1.82) is 0 Å². The number of carbonyl (C=O) groups is 1. The summed E-state index contributed by atoms with van der Waals surface area (Å²) >= 11 is 1.58. The number of methoxy groups -OCH3 is 1. The minimum absolute atomic E-state index is 0.197. The Balaban J connectivity index is 1.45.